The Morgan fingerprint density at radius 2 is 1.61 bits per heavy atom. The van der Waals surface area contributed by atoms with Gasteiger partial charge >= 0.3 is 0 Å². The molecule has 154 valence electrons. The number of allylic oxidation sites excluding steroid dienone is 1. The fourth-order valence-corrected chi connectivity index (χ4v) is 11.2. The SMILES string of the molecule is CC(C)[Si](OC1=CCCCCC12C(=O)N(C)c1ccccc12)(C(C)C)C(C)C. The molecule has 3 nitrogen and oxygen atoms in total. The Hall–Kier alpha value is -1.55. The molecule has 1 aliphatic heterocycles. The maximum absolute atomic E-state index is 13.7. The van der Waals surface area contributed by atoms with Crippen LogP contribution < -0.4 is 4.90 Å². The third kappa shape index (κ3) is 2.95. The summed E-state index contributed by atoms with van der Waals surface area (Å²) in [5, 5.41) is 0. The molecule has 1 aliphatic carbocycles. The number of fused-ring (bicyclic) bond motifs is 2. The Balaban J connectivity index is 2.18. The normalized spacial score (nSPS) is 22.9. The van der Waals surface area contributed by atoms with Crippen molar-refractivity contribution in [3.63, 3.8) is 0 Å². The lowest BCUT2D eigenvalue weighted by Crippen LogP contribution is -2.51. The third-order valence-corrected chi connectivity index (χ3v) is 13.1. The minimum absolute atomic E-state index is 0.181. The van der Waals surface area contributed by atoms with E-state index in [-0.39, 0.29) is 5.91 Å². The number of anilines is 1. The van der Waals surface area contributed by atoms with Crippen LogP contribution in [0.4, 0.5) is 5.69 Å². The zero-order valence-corrected chi connectivity index (χ0v) is 19.7. The molecule has 3 rings (SSSR count). The van der Waals surface area contributed by atoms with Gasteiger partial charge in [0.1, 0.15) is 5.41 Å². The Morgan fingerprint density at radius 3 is 2.21 bits per heavy atom. The highest BCUT2D eigenvalue weighted by molar-refractivity contribution is 6.78. The number of carbonyl (C=O) groups is 1. The maximum atomic E-state index is 13.7. The maximum Gasteiger partial charge on any atom is 0.258 e. The van der Waals surface area contributed by atoms with E-state index in [1.54, 1.807) is 0 Å². The van der Waals surface area contributed by atoms with Crippen molar-refractivity contribution in [1.82, 2.24) is 0 Å². The van der Waals surface area contributed by atoms with Gasteiger partial charge in [0.25, 0.3) is 8.32 Å². The van der Waals surface area contributed by atoms with Gasteiger partial charge in [-0.05, 0) is 53.6 Å². The fourth-order valence-electron chi connectivity index (χ4n) is 5.86. The topological polar surface area (TPSA) is 29.5 Å². The predicted octanol–water partition coefficient (Wildman–Crippen LogP) is 6.55. The molecule has 0 N–H and O–H groups in total. The summed E-state index contributed by atoms with van der Waals surface area (Å²) in [5.41, 5.74) is 2.98. The van der Waals surface area contributed by atoms with Crippen LogP contribution in [-0.4, -0.2) is 21.3 Å². The van der Waals surface area contributed by atoms with E-state index in [1.165, 1.54) is 0 Å². The lowest BCUT2D eigenvalue weighted by atomic mass is 9.76. The average Bonchev–Trinajstić information content (AvgIpc) is 2.78. The van der Waals surface area contributed by atoms with Crippen LogP contribution in [-0.2, 0) is 14.6 Å². The molecule has 1 amide bonds. The summed E-state index contributed by atoms with van der Waals surface area (Å²) >= 11 is 0. The fraction of sp³-hybridized carbons (Fsp3) is 0.625. The second-order valence-electron chi connectivity index (χ2n) is 9.52. The Kier molecular flexibility index (Phi) is 5.82. The number of para-hydroxylation sites is 1. The molecule has 1 atom stereocenters. The average molecular weight is 400 g/mol. The minimum atomic E-state index is -2.14. The molecule has 1 spiro atoms. The van der Waals surface area contributed by atoms with Crippen molar-refractivity contribution < 1.29 is 9.22 Å². The first kappa shape index (κ1) is 21.2. The summed E-state index contributed by atoms with van der Waals surface area (Å²) in [6.45, 7) is 13.9. The zero-order chi connectivity index (χ0) is 20.7. The summed E-state index contributed by atoms with van der Waals surface area (Å²) in [7, 11) is -0.230. The first-order valence-corrected chi connectivity index (χ1v) is 13.1. The van der Waals surface area contributed by atoms with E-state index in [0.29, 0.717) is 16.6 Å². The van der Waals surface area contributed by atoms with Gasteiger partial charge < -0.3 is 9.33 Å². The Bertz CT molecular complexity index is 746. The van der Waals surface area contributed by atoms with Crippen LogP contribution in [0.5, 0.6) is 0 Å². The first-order chi connectivity index (χ1) is 13.2. The van der Waals surface area contributed by atoms with E-state index in [9.17, 15) is 4.79 Å². The first-order valence-electron chi connectivity index (χ1n) is 11.0. The largest absolute Gasteiger partial charge is 0.545 e. The van der Waals surface area contributed by atoms with E-state index in [1.807, 2.05) is 18.0 Å². The molecular weight excluding hydrogens is 362 g/mol. The summed E-state index contributed by atoms with van der Waals surface area (Å²) in [6, 6.07) is 8.30. The molecular formula is C24H37NO2Si. The monoisotopic (exact) mass is 399 g/mol. The van der Waals surface area contributed by atoms with Gasteiger partial charge in [0.2, 0.25) is 5.91 Å². The molecule has 0 aromatic heterocycles. The second kappa shape index (κ2) is 7.70. The number of amides is 1. The highest BCUT2D eigenvalue weighted by atomic mass is 28.4. The van der Waals surface area contributed by atoms with Crippen LogP contribution in [0.3, 0.4) is 0 Å². The van der Waals surface area contributed by atoms with Crippen molar-refractivity contribution in [3.05, 3.63) is 41.7 Å². The second-order valence-corrected chi connectivity index (χ2v) is 14.9. The van der Waals surface area contributed by atoms with Crippen LogP contribution in [0.25, 0.3) is 0 Å². The van der Waals surface area contributed by atoms with Crippen LogP contribution in [0, 0.1) is 0 Å². The summed E-state index contributed by atoms with van der Waals surface area (Å²) in [4.78, 5) is 15.6. The Labute approximate surface area is 172 Å². The van der Waals surface area contributed by atoms with Crippen molar-refractivity contribution in [2.45, 2.75) is 89.3 Å². The molecule has 0 bridgehead atoms. The minimum Gasteiger partial charge on any atom is -0.545 e. The van der Waals surface area contributed by atoms with Crippen molar-refractivity contribution in [3.8, 4) is 0 Å². The van der Waals surface area contributed by atoms with Gasteiger partial charge in [0, 0.05) is 12.7 Å². The molecule has 1 heterocycles. The van der Waals surface area contributed by atoms with Crippen molar-refractivity contribution in [2.75, 3.05) is 11.9 Å². The molecule has 1 unspecified atom stereocenters. The van der Waals surface area contributed by atoms with Crippen LogP contribution in [0.15, 0.2) is 36.1 Å². The number of benzene rings is 1. The highest BCUT2D eigenvalue weighted by Crippen LogP contribution is 2.53. The lowest BCUT2D eigenvalue weighted by Gasteiger charge is -2.45. The Morgan fingerprint density at radius 1 is 1.00 bits per heavy atom. The van der Waals surface area contributed by atoms with Gasteiger partial charge in [-0.1, -0.05) is 66.2 Å². The molecule has 0 fully saturated rings. The molecule has 0 saturated heterocycles. The van der Waals surface area contributed by atoms with E-state index in [2.05, 4.69) is 65.8 Å². The predicted molar refractivity (Wildman–Crippen MR) is 120 cm³/mol. The molecule has 4 heteroatoms. The molecule has 0 radical (unpaired) electrons. The molecule has 1 aromatic carbocycles. The van der Waals surface area contributed by atoms with Crippen molar-refractivity contribution in [1.29, 1.82) is 0 Å². The number of hydrogen-bond acceptors (Lipinski definition) is 2. The van der Waals surface area contributed by atoms with Crippen molar-refractivity contribution in [2.24, 2.45) is 0 Å². The summed E-state index contributed by atoms with van der Waals surface area (Å²) in [5.74, 6) is 1.13. The molecule has 2 aliphatic rings. The van der Waals surface area contributed by atoms with Gasteiger partial charge in [-0.3, -0.25) is 4.79 Å². The van der Waals surface area contributed by atoms with Crippen molar-refractivity contribution >= 4 is 19.9 Å². The molecule has 28 heavy (non-hydrogen) atoms. The van der Waals surface area contributed by atoms with Gasteiger partial charge in [-0.2, -0.15) is 0 Å². The number of nitrogens with zero attached hydrogens (tertiary/aromatic N) is 1. The standard InChI is InChI=1S/C24H37NO2Si/c1-17(2)28(18(3)4,19(5)6)27-22-15-9-8-12-16-24(22)20-13-10-11-14-21(20)25(7)23(24)26/h10-11,13-15,17-19H,8-9,12,16H2,1-7H3. The summed E-state index contributed by atoms with van der Waals surface area (Å²) < 4.78 is 7.21. The van der Waals surface area contributed by atoms with Crippen LogP contribution >= 0.6 is 0 Å². The number of likely N-dealkylation sites (N-methyl/N-ethyl adjacent to an activating group) is 1. The highest BCUT2D eigenvalue weighted by Gasteiger charge is 2.56. The van der Waals surface area contributed by atoms with Gasteiger partial charge in [-0.15, -0.1) is 0 Å². The van der Waals surface area contributed by atoms with Gasteiger partial charge in [-0.25, -0.2) is 0 Å². The zero-order valence-electron chi connectivity index (χ0n) is 18.7. The lowest BCUT2D eigenvalue weighted by molar-refractivity contribution is -0.122. The smallest absolute Gasteiger partial charge is 0.258 e. The van der Waals surface area contributed by atoms with Gasteiger partial charge in [0.15, 0.2) is 0 Å². The van der Waals surface area contributed by atoms with E-state index < -0.39 is 13.7 Å². The number of hydrogen-bond donors (Lipinski definition) is 0. The number of rotatable bonds is 5. The van der Waals surface area contributed by atoms with Crippen LogP contribution in [0.2, 0.25) is 16.6 Å². The van der Waals surface area contributed by atoms with E-state index in [0.717, 1.165) is 42.7 Å². The van der Waals surface area contributed by atoms with Gasteiger partial charge in [0.05, 0.1) is 5.76 Å². The number of carbonyl (C=O) groups excluding carboxylic acids is 1. The summed E-state index contributed by atoms with van der Waals surface area (Å²) in [6.07, 6.45) is 6.27. The van der Waals surface area contributed by atoms with E-state index >= 15 is 0 Å². The molecule has 1 aromatic rings. The quantitative estimate of drug-likeness (QED) is 0.525. The third-order valence-electron chi connectivity index (χ3n) is 7.15. The molecule has 0 saturated carbocycles. The van der Waals surface area contributed by atoms with E-state index in [4.69, 9.17) is 4.43 Å². The van der Waals surface area contributed by atoms with Crippen LogP contribution in [0.1, 0.15) is 72.8 Å².